The first kappa shape index (κ1) is 19.8. The van der Waals surface area contributed by atoms with Crippen molar-refractivity contribution in [1.29, 1.82) is 0 Å². The molecule has 0 aliphatic carbocycles. The molecule has 0 amide bonds. The van der Waals surface area contributed by atoms with Crippen molar-refractivity contribution in [2.45, 2.75) is 24.1 Å². The number of carbonyl (C=O) groups is 1. The topological polar surface area (TPSA) is 89.3 Å². The quantitative estimate of drug-likeness (QED) is 0.508. The van der Waals surface area contributed by atoms with Crippen molar-refractivity contribution in [3.63, 3.8) is 0 Å². The molecule has 0 saturated carbocycles. The van der Waals surface area contributed by atoms with Gasteiger partial charge < -0.3 is 9.67 Å². The van der Waals surface area contributed by atoms with E-state index in [2.05, 4.69) is 4.98 Å². The Balaban J connectivity index is 1.73. The van der Waals surface area contributed by atoms with Crippen LogP contribution in [0, 0.1) is 6.92 Å². The fourth-order valence-electron chi connectivity index (χ4n) is 3.51. The molecule has 1 aromatic heterocycles. The van der Waals surface area contributed by atoms with E-state index in [1.807, 2.05) is 35.8 Å². The van der Waals surface area contributed by atoms with Gasteiger partial charge in [0, 0.05) is 6.54 Å². The minimum Gasteiger partial charge on any atom is -0.478 e. The van der Waals surface area contributed by atoms with Gasteiger partial charge in [-0.2, -0.15) is 0 Å². The van der Waals surface area contributed by atoms with Crippen LogP contribution in [0.4, 0.5) is 0 Å². The van der Waals surface area contributed by atoms with E-state index in [4.69, 9.17) is 0 Å². The molecule has 4 rings (SSSR count). The van der Waals surface area contributed by atoms with Gasteiger partial charge in [-0.15, -0.1) is 0 Å². The van der Waals surface area contributed by atoms with Crippen LogP contribution in [0.3, 0.4) is 0 Å². The van der Waals surface area contributed by atoms with Crippen LogP contribution in [0.25, 0.3) is 11.0 Å². The van der Waals surface area contributed by atoms with E-state index < -0.39 is 15.8 Å². The largest absolute Gasteiger partial charge is 0.478 e. The zero-order valence-electron chi connectivity index (χ0n) is 16.3. The third-order valence-corrected chi connectivity index (χ3v) is 6.76. The Labute approximate surface area is 174 Å². The molecule has 0 spiro atoms. The maximum absolute atomic E-state index is 12.9. The summed E-state index contributed by atoms with van der Waals surface area (Å²) in [5, 5.41) is 9.32. The van der Waals surface area contributed by atoms with Gasteiger partial charge in [-0.1, -0.05) is 42.5 Å². The number of aromatic carboxylic acids is 1. The summed E-state index contributed by atoms with van der Waals surface area (Å²) in [4.78, 5) is 16.2. The Morgan fingerprint density at radius 3 is 2.33 bits per heavy atom. The Morgan fingerprint density at radius 1 is 0.967 bits per heavy atom. The van der Waals surface area contributed by atoms with Crippen molar-refractivity contribution in [3.8, 4) is 0 Å². The van der Waals surface area contributed by atoms with Crippen LogP contribution in [-0.2, 0) is 22.1 Å². The van der Waals surface area contributed by atoms with Crippen molar-refractivity contribution in [3.05, 3.63) is 95.3 Å². The Bertz CT molecular complexity index is 1340. The van der Waals surface area contributed by atoms with Crippen molar-refractivity contribution >= 4 is 26.8 Å². The number of carboxylic acids is 1. The van der Waals surface area contributed by atoms with Crippen LogP contribution in [0.2, 0.25) is 0 Å². The molecule has 0 aliphatic heterocycles. The van der Waals surface area contributed by atoms with E-state index >= 15 is 0 Å². The molecular weight excluding hydrogens is 400 g/mol. The third-order valence-electron chi connectivity index (χ3n) is 5.08. The normalized spacial score (nSPS) is 11.6. The molecule has 1 N–H and O–H groups in total. The lowest BCUT2D eigenvalue weighted by molar-refractivity contribution is 0.0697. The van der Waals surface area contributed by atoms with Gasteiger partial charge in [0.2, 0.25) is 0 Å². The molecule has 6 nitrogen and oxygen atoms in total. The molecule has 4 aromatic rings. The molecule has 0 aliphatic rings. The number of carboxylic acid groups (broad SMARTS) is 1. The molecule has 0 atom stereocenters. The minimum atomic E-state index is -3.49. The molecule has 152 valence electrons. The van der Waals surface area contributed by atoms with Crippen LogP contribution in [0.1, 0.15) is 27.3 Å². The van der Waals surface area contributed by atoms with Gasteiger partial charge >= 0.3 is 5.97 Å². The summed E-state index contributed by atoms with van der Waals surface area (Å²) in [7, 11) is -3.49. The number of aryl methyl sites for hydroxylation is 1. The Hall–Kier alpha value is -3.45. The number of sulfone groups is 1. The number of fused-ring (bicyclic) bond motifs is 1. The molecule has 30 heavy (non-hydrogen) atoms. The highest BCUT2D eigenvalue weighted by Gasteiger charge is 2.18. The second-order valence-electron chi connectivity index (χ2n) is 7.09. The highest BCUT2D eigenvalue weighted by Crippen LogP contribution is 2.23. The number of hydrogen-bond donors (Lipinski definition) is 1. The number of imidazole rings is 1. The summed E-state index contributed by atoms with van der Waals surface area (Å²) in [5.41, 5.74) is 3.14. The van der Waals surface area contributed by atoms with E-state index in [0.29, 0.717) is 23.1 Å². The molecular formula is C23H20N2O4S. The second kappa shape index (κ2) is 7.76. The fourth-order valence-corrected chi connectivity index (χ4v) is 4.94. The summed E-state index contributed by atoms with van der Waals surface area (Å²) in [6.45, 7) is 2.25. The number of rotatable bonds is 6. The highest BCUT2D eigenvalue weighted by atomic mass is 32.2. The monoisotopic (exact) mass is 420 g/mol. The standard InChI is InChI=1S/C23H20N2O4S/c1-16-24-21-12-11-17(23(26)27)13-22(21)25(16)14-18-7-5-6-8-19(18)15-30(28,29)20-9-3-2-4-10-20/h2-13H,14-15H2,1H3,(H,26,27). The number of nitrogens with zero attached hydrogens (tertiary/aromatic N) is 2. The first-order valence-electron chi connectivity index (χ1n) is 9.40. The smallest absolute Gasteiger partial charge is 0.335 e. The molecule has 0 unspecified atom stereocenters. The lowest BCUT2D eigenvalue weighted by atomic mass is 10.1. The van der Waals surface area contributed by atoms with Gasteiger partial charge in [0.25, 0.3) is 0 Å². The van der Waals surface area contributed by atoms with Crippen LogP contribution >= 0.6 is 0 Å². The van der Waals surface area contributed by atoms with Crippen LogP contribution in [0.15, 0.2) is 77.7 Å². The van der Waals surface area contributed by atoms with Crippen LogP contribution in [-0.4, -0.2) is 29.0 Å². The van der Waals surface area contributed by atoms with Crippen LogP contribution < -0.4 is 0 Å². The number of hydrogen-bond acceptors (Lipinski definition) is 4. The van der Waals surface area contributed by atoms with E-state index in [1.54, 1.807) is 42.5 Å². The summed E-state index contributed by atoms with van der Waals surface area (Å²) in [5.74, 6) is -0.385. The van der Waals surface area contributed by atoms with Crippen molar-refractivity contribution in [2.24, 2.45) is 0 Å². The molecule has 0 saturated heterocycles. The summed E-state index contributed by atoms with van der Waals surface area (Å²) < 4.78 is 27.7. The molecule has 0 bridgehead atoms. The summed E-state index contributed by atoms with van der Waals surface area (Å²) >= 11 is 0. The van der Waals surface area contributed by atoms with E-state index in [-0.39, 0.29) is 16.2 Å². The predicted octanol–water partition coefficient (Wildman–Crippen LogP) is 4.07. The van der Waals surface area contributed by atoms with Gasteiger partial charge in [0.15, 0.2) is 9.84 Å². The van der Waals surface area contributed by atoms with Crippen molar-refractivity contribution in [1.82, 2.24) is 9.55 Å². The van der Waals surface area contributed by atoms with E-state index in [1.165, 1.54) is 6.07 Å². The number of benzene rings is 3. The predicted molar refractivity (Wildman–Crippen MR) is 114 cm³/mol. The summed E-state index contributed by atoms with van der Waals surface area (Å²) in [6.07, 6.45) is 0. The van der Waals surface area contributed by atoms with Crippen molar-refractivity contribution in [2.75, 3.05) is 0 Å². The zero-order chi connectivity index (χ0) is 21.3. The zero-order valence-corrected chi connectivity index (χ0v) is 17.1. The molecule has 0 radical (unpaired) electrons. The average Bonchev–Trinajstić information content (AvgIpc) is 3.04. The Morgan fingerprint density at radius 2 is 1.63 bits per heavy atom. The molecule has 3 aromatic carbocycles. The fraction of sp³-hybridized carbons (Fsp3) is 0.130. The van der Waals surface area contributed by atoms with Gasteiger partial charge in [-0.3, -0.25) is 0 Å². The van der Waals surface area contributed by atoms with Gasteiger partial charge in [-0.05, 0) is 48.4 Å². The Kier molecular flexibility index (Phi) is 5.13. The number of aromatic nitrogens is 2. The minimum absolute atomic E-state index is 0.112. The van der Waals surface area contributed by atoms with E-state index in [0.717, 1.165) is 11.4 Å². The maximum Gasteiger partial charge on any atom is 0.335 e. The second-order valence-corrected chi connectivity index (χ2v) is 9.08. The third kappa shape index (κ3) is 3.84. The lowest BCUT2D eigenvalue weighted by Crippen LogP contribution is -2.10. The first-order chi connectivity index (χ1) is 14.3. The molecule has 0 fully saturated rings. The van der Waals surface area contributed by atoms with Gasteiger partial charge in [-0.25, -0.2) is 18.2 Å². The highest BCUT2D eigenvalue weighted by molar-refractivity contribution is 7.90. The van der Waals surface area contributed by atoms with E-state index in [9.17, 15) is 18.3 Å². The van der Waals surface area contributed by atoms with Crippen molar-refractivity contribution < 1.29 is 18.3 Å². The van der Waals surface area contributed by atoms with Gasteiger partial charge in [0.05, 0.1) is 27.2 Å². The molecule has 7 heteroatoms. The molecule has 1 heterocycles. The maximum atomic E-state index is 12.9. The summed E-state index contributed by atoms with van der Waals surface area (Å²) in [6, 6.07) is 20.6. The van der Waals surface area contributed by atoms with Crippen LogP contribution in [0.5, 0.6) is 0 Å². The van der Waals surface area contributed by atoms with Gasteiger partial charge in [0.1, 0.15) is 5.82 Å². The lowest BCUT2D eigenvalue weighted by Gasteiger charge is -2.13. The first-order valence-corrected chi connectivity index (χ1v) is 11.0. The SMILES string of the molecule is Cc1nc2ccc(C(=O)O)cc2n1Cc1ccccc1CS(=O)(=O)c1ccccc1. The average molecular weight is 420 g/mol.